The van der Waals surface area contributed by atoms with E-state index in [2.05, 4.69) is 20.6 Å². The zero-order valence-corrected chi connectivity index (χ0v) is 10.1. The van der Waals surface area contributed by atoms with Gasteiger partial charge in [-0.15, -0.1) is 16.4 Å². The summed E-state index contributed by atoms with van der Waals surface area (Å²) in [6.45, 7) is 1.71. The first kappa shape index (κ1) is 12.2. The number of aryl methyl sites for hydroxylation is 1. The second-order valence-corrected chi connectivity index (χ2v) is 4.31. The van der Waals surface area contributed by atoms with Crippen molar-refractivity contribution in [2.75, 3.05) is 5.32 Å². The summed E-state index contributed by atoms with van der Waals surface area (Å²) >= 11 is 1.32. The van der Waals surface area contributed by atoms with E-state index in [0.717, 1.165) is 10.4 Å². The summed E-state index contributed by atoms with van der Waals surface area (Å²) in [5, 5.41) is 20.5. The van der Waals surface area contributed by atoms with E-state index in [9.17, 15) is 9.59 Å². The van der Waals surface area contributed by atoms with Crippen molar-refractivity contribution in [3.8, 4) is 0 Å². The molecule has 2 heterocycles. The van der Waals surface area contributed by atoms with Gasteiger partial charge < -0.3 is 10.4 Å². The molecule has 0 aliphatic heterocycles. The van der Waals surface area contributed by atoms with Crippen LogP contribution in [-0.2, 0) is 11.3 Å². The minimum absolute atomic E-state index is 0.112. The van der Waals surface area contributed by atoms with Gasteiger partial charge >= 0.3 is 5.97 Å². The fraction of sp³-hybridized carbons (Fsp3) is 0.222. The van der Waals surface area contributed by atoms with Gasteiger partial charge in [-0.25, -0.2) is 14.5 Å². The van der Waals surface area contributed by atoms with E-state index < -0.39 is 5.97 Å². The van der Waals surface area contributed by atoms with Gasteiger partial charge in [0.1, 0.15) is 6.54 Å². The molecule has 2 N–H and O–H groups in total. The molecule has 1 amide bonds. The number of rotatable bonds is 4. The predicted molar refractivity (Wildman–Crippen MR) is 62.5 cm³/mol. The van der Waals surface area contributed by atoms with E-state index in [4.69, 9.17) is 5.11 Å². The highest BCUT2D eigenvalue weighted by Gasteiger charge is 2.11. The van der Waals surface area contributed by atoms with Gasteiger partial charge in [0.2, 0.25) is 5.91 Å². The first-order valence-corrected chi connectivity index (χ1v) is 5.78. The Morgan fingerprint density at radius 2 is 2.33 bits per heavy atom. The molecule has 0 aliphatic rings. The molecule has 94 valence electrons. The van der Waals surface area contributed by atoms with Crippen molar-refractivity contribution in [2.45, 2.75) is 13.5 Å². The highest BCUT2D eigenvalue weighted by molar-refractivity contribution is 7.13. The lowest BCUT2D eigenvalue weighted by molar-refractivity contribution is -0.116. The minimum atomic E-state index is -1.18. The molecule has 0 saturated heterocycles. The van der Waals surface area contributed by atoms with Crippen LogP contribution in [0.1, 0.15) is 16.2 Å². The van der Waals surface area contributed by atoms with E-state index in [1.807, 2.05) is 12.3 Å². The van der Waals surface area contributed by atoms with Gasteiger partial charge in [0.25, 0.3) is 0 Å². The van der Waals surface area contributed by atoms with Gasteiger partial charge in [-0.3, -0.25) is 4.79 Å². The minimum Gasteiger partial charge on any atom is -0.476 e. The lowest BCUT2D eigenvalue weighted by Crippen LogP contribution is -2.19. The summed E-state index contributed by atoms with van der Waals surface area (Å²) in [4.78, 5) is 26.2. The molecule has 0 aliphatic carbocycles. The van der Waals surface area contributed by atoms with Gasteiger partial charge in [0.05, 0.1) is 11.9 Å². The maximum absolute atomic E-state index is 11.6. The van der Waals surface area contributed by atoms with Gasteiger partial charge in [0.15, 0.2) is 10.8 Å². The Morgan fingerprint density at radius 1 is 1.56 bits per heavy atom. The third-order valence-electron chi connectivity index (χ3n) is 1.93. The van der Waals surface area contributed by atoms with Crippen molar-refractivity contribution >= 4 is 28.3 Å². The summed E-state index contributed by atoms with van der Waals surface area (Å²) < 4.78 is 1.15. The number of anilines is 1. The number of nitrogens with one attached hydrogen (secondary N) is 1. The second-order valence-electron chi connectivity index (χ2n) is 3.45. The standard InChI is InChI=1S/C9H9N5O3S/c1-5-4-18-9(10-5)11-7(15)3-14-2-6(8(16)17)12-13-14/h2,4H,3H2,1H3,(H,16,17)(H,10,11,15). The molecule has 0 fully saturated rings. The number of carbonyl (C=O) groups excluding carboxylic acids is 1. The van der Waals surface area contributed by atoms with Gasteiger partial charge in [0, 0.05) is 5.38 Å². The number of carbonyl (C=O) groups is 2. The molecule has 18 heavy (non-hydrogen) atoms. The first-order chi connectivity index (χ1) is 8.54. The number of amides is 1. The summed E-state index contributed by atoms with van der Waals surface area (Å²) in [5.74, 6) is -1.52. The Morgan fingerprint density at radius 3 is 2.89 bits per heavy atom. The fourth-order valence-corrected chi connectivity index (χ4v) is 1.90. The molecule has 8 nitrogen and oxygen atoms in total. The van der Waals surface area contributed by atoms with Gasteiger partial charge in [-0.1, -0.05) is 5.21 Å². The maximum atomic E-state index is 11.6. The zero-order valence-electron chi connectivity index (χ0n) is 9.32. The third-order valence-corrected chi connectivity index (χ3v) is 2.80. The molecule has 2 aromatic heterocycles. The lowest BCUT2D eigenvalue weighted by atomic mass is 10.5. The van der Waals surface area contributed by atoms with Crippen LogP contribution in [0.25, 0.3) is 0 Å². The molecule has 0 radical (unpaired) electrons. The lowest BCUT2D eigenvalue weighted by Gasteiger charge is -2.00. The first-order valence-electron chi connectivity index (χ1n) is 4.90. The van der Waals surface area contributed by atoms with E-state index in [1.54, 1.807) is 0 Å². The number of thiazole rings is 1. The van der Waals surface area contributed by atoms with E-state index in [0.29, 0.717) is 5.13 Å². The number of carboxylic acids is 1. The van der Waals surface area contributed by atoms with Crippen LogP contribution in [0.4, 0.5) is 5.13 Å². The summed E-state index contributed by atoms with van der Waals surface area (Å²) in [6.07, 6.45) is 1.19. The number of aromatic nitrogens is 4. The average molecular weight is 267 g/mol. The number of nitrogens with zero attached hydrogens (tertiary/aromatic N) is 4. The molecule has 2 rings (SSSR count). The van der Waals surface area contributed by atoms with Crippen LogP contribution in [-0.4, -0.2) is 37.0 Å². The van der Waals surface area contributed by atoms with Crippen LogP contribution in [0.5, 0.6) is 0 Å². The van der Waals surface area contributed by atoms with Gasteiger partial charge in [-0.05, 0) is 6.92 Å². The van der Waals surface area contributed by atoms with Crippen LogP contribution >= 0.6 is 11.3 Å². The van der Waals surface area contributed by atoms with E-state index in [1.165, 1.54) is 17.5 Å². The van der Waals surface area contributed by atoms with Crippen LogP contribution in [0.3, 0.4) is 0 Å². The smallest absolute Gasteiger partial charge is 0.358 e. The number of carboxylic acid groups (broad SMARTS) is 1. The van der Waals surface area contributed by atoms with Crippen molar-refractivity contribution in [2.24, 2.45) is 0 Å². The molecule has 2 aromatic rings. The average Bonchev–Trinajstić information content (AvgIpc) is 2.88. The SMILES string of the molecule is Cc1csc(NC(=O)Cn2cc(C(=O)O)nn2)n1. The van der Waals surface area contributed by atoms with Crippen molar-refractivity contribution < 1.29 is 14.7 Å². The summed E-state index contributed by atoms with van der Waals surface area (Å²) in [7, 11) is 0. The molecule has 0 saturated carbocycles. The predicted octanol–water partition coefficient (Wildman–Crippen LogP) is 0.380. The topological polar surface area (TPSA) is 110 Å². The monoisotopic (exact) mass is 267 g/mol. The number of aromatic carboxylic acids is 1. The van der Waals surface area contributed by atoms with Crippen molar-refractivity contribution in [3.05, 3.63) is 23.0 Å². The van der Waals surface area contributed by atoms with Crippen LogP contribution in [0, 0.1) is 6.92 Å². The highest BCUT2D eigenvalue weighted by Crippen LogP contribution is 2.14. The normalized spacial score (nSPS) is 10.3. The molecule has 0 bridgehead atoms. The Hall–Kier alpha value is -2.29. The van der Waals surface area contributed by atoms with Gasteiger partial charge in [-0.2, -0.15) is 0 Å². The zero-order chi connectivity index (χ0) is 13.1. The van der Waals surface area contributed by atoms with E-state index >= 15 is 0 Å². The maximum Gasteiger partial charge on any atom is 0.358 e. The largest absolute Gasteiger partial charge is 0.476 e. The second kappa shape index (κ2) is 4.92. The Balaban J connectivity index is 1.96. The molecule has 9 heteroatoms. The van der Waals surface area contributed by atoms with Crippen LogP contribution in [0.15, 0.2) is 11.6 Å². The molecule has 0 spiro atoms. The number of hydrogen-bond acceptors (Lipinski definition) is 6. The fourth-order valence-electron chi connectivity index (χ4n) is 1.19. The quantitative estimate of drug-likeness (QED) is 0.828. The van der Waals surface area contributed by atoms with Crippen LogP contribution < -0.4 is 5.32 Å². The van der Waals surface area contributed by atoms with Crippen molar-refractivity contribution in [1.82, 2.24) is 20.0 Å². The van der Waals surface area contributed by atoms with Crippen molar-refractivity contribution in [1.29, 1.82) is 0 Å². The summed E-state index contributed by atoms with van der Waals surface area (Å²) in [5.41, 5.74) is 0.622. The molecule has 0 aromatic carbocycles. The molecular weight excluding hydrogens is 258 g/mol. The molecule has 0 unspecified atom stereocenters. The third kappa shape index (κ3) is 2.88. The number of hydrogen-bond donors (Lipinski definition) is 2. The molecule has 0 atom stereocenters. The summed E-state index contributed by atoms with van der Waals surface area (Å²) in [6, 6.07) is 0. The Labute approximate surface area is 105 Å². The Kier molecular flexibility index (Phi) is 3.33. The molecular formula is C9H9N5O3S. The van der Waals surface area contributed by atoms with Crippen molar-refractivity contribution in [3.63, 3.8) is 0 Å². The highest BCUT2D eigenvalue weighted by atomic mass is 32.1. The Bertz CT molecular complexity index is 591. The van der Waals surface area contributed by atoms with E-state index in [-0.39, 0.29) is 18.1 Å². The van der Waals surface area contributed by atoms with Crippen LogP contribution in [0.2, 0.25) is 0 Å².